The van der Waals surface area contributed by atoms with E-state index < -0.39 is 10.2 Å². The normalized spacial score (nSPS) is 30.1. The van der Waals surface area contributed by atoms with E-state index in [9.17, 15) is 13.2 Å². The molecule has 21 heavy (non-hydrogen) atoms. The van der Waals surface area contributed by atoms with Gasteiger partial charge in [-0.25, -0.2) is 0 Å². The second kappa shape index (κ2) is 6.60. The Morgan fingerprint density at radius 1 is 1.00 bits per heavy atom. The molecular weight excluding hydrogens is 294 g/mol. The molecule has 7 nitrogen and oxygen atoms in total. The maximum absolute atomic E-state index is 12.8. The summed E-state index contributed by atoms with van der Waals surface area (Å²) < 4.78 is 34.1. The van der Waals surface area contributed by atoms with E-state index in [1.807, 2.05) is 13.8 Å². The average Bonchev–Trinajstić information content (AvgIpc) is 2.63. The number of hydrogen-bond donors (Lipinski definition) is 0. The van der Waals surface area contributed by atoms with Gasteiger partial charge in [-0.2, -0.15) is 17.0 Å². The molecule has 2 heterocycles. The average molecular weight is 319 g/mol. The van der Waals surface area contributed by atoms with Crippen molar-refractivity contribution in [2.45, 2.75) is 39.4 Å². The van der Waals surface area contributed by atoms with Crippen molar-refractivity contribution in [1.82, 2.24) is 13.5 Å². The summed E-state index contributed by atoms with van der Waals surface area (Å²) in [6.45, 7) is 7.99. The lowest BCUT2D eigenvalue weighted by Crippen LogP contribution is -2.53. The summed E-state index contributed by atoms with van der Waals surface area (Å²) in [5.74, 6) is 0.00265. The van der Waals surface area contributed by atoms with Crippen molar-refractivity contribution in [3.05, 3.63) is 0 Å². The van der Waals surface area contributed by atoms with Crippen LogP contribution >= 0.6 is 0 Å². The van der Waals surface area contributed by atoms with Gasteiger partial charge in [0.15, 0.2) is 0 Å². The quantitative estimate of drug-likeness (QED) is 0.712. The van der Waals surface area contributed by atoms with Gasteiger partial charge in [0.1, 0.15) is 0 Å². The summed E-state index contributed by atoms with van der Waals surface area (Å²) in [6.07, 6.45) is 0.488. The SMILES string of the molecule is CC(=O)N1CCCN(S(=O)(=O)N2C[C@@H](C)O[C@@H](C)C2)CC1. The molecule has 2 aliphatic heterocycles. The molecule has 0 aromatic rings. The van der Waals surface area contributed by atoms with Crippen molar-refractivity contribution < 1.29 is 17.9 Å². The van der Waals surface area contributed by atoms with Crippen LogP contribution in [0.4, 0.5) is 0 Å². The summed E-state index contributed by atoms with van der Waals surface area (Å²) in [5, 5.41) is 0. The molecule has 2 fully saturated rings. The molecule has 0 aliphatic carbocycles. The first-order valence-electron chi connectivity index (χ1n) is 7.47. The molecule has 8 heteroatoms. The third kappa shape index (κ3) is 3.94. The highest BCUT2D eigenvalue weighted by Gasteiger charge is 2.36. The molecule has 0 spiro atoms. The van der Waals surface area contributed by atoms with Crippen LogP contribution in [0.25, 0.3) is 0 Å². The zero-order chi connectivity index (χ0) is 15.6. The number of rotatable bonds is 2. The van der Waals surface area contributed by atoms with Crippen LogP contribution in [0.15, 0.2) is 0 Å². The maximum Gasteiger partial charge on any atom is 0.282 e. The number of carbonyl (C=O) groups is 1. The van der Waals surface area contributed by atoms with Crippen LogP contribution < -0.4 is 0 Å². The number of nitrogens with zero attached hydrogens (tertiary/aromatic N) is 3. The Kier molecular flexibility index (Phi) is 5.24. The van der Waals surface area contributed by atoms with E-state index in [0.717, 1.165) is 0 Å². The first-order valence-corrected chi connectivity index (χ1v) is 8.86. The number of amides is 1. The molecule has 122 valence electrons. The second-order valence-electron chi connectivity index (χ2n) is 5.84. The van der Waals surface area contributed by atoms with Crippen LogP contribution in [0.1, 0.15) is 27.2 Å². The van der Waals surface area contributed by atoms with Crippen LogP contribution in [-0.4, -0.2) is 79.3 Å². The van der Waals surface area contributed by atoms with Crippen LogP contribution in [0.3, 0.4) is 0 Å². The fraction of sp³-hybridized carbons (Fsp3) is 0.923. The molecule has 0 aromatic heterocycles. The first kappa shape index (κ1) is 16.7. The van der Waals surface area contributed by atoms with Crippen molar-refractivity contribution in [3.8, 4) is 0 Å². The number of ether oxygens (including phenoxy) is 1. The Balaban J connectivity index is 2.07. The number of hydrogen-bond acceptors (Lipinski definition) is 4. The third-order valence-corrected chi connectivity index (χ3v) is 5.91. The fourth-order valence-electron chi connectivity index (χ4n) is 2.92. The maximum atomic E-state index is 12.8. The van der Waals surface area contributed by atoms with Gasteiger partial charge < -0.3 is 9.64 Å². The van der Waals surface area contributed by atoms with E-state index in [4.69, 9.17) is 4.74 Å². The molecule has 2 aliphatic rings. The van der Waals surface area contributed by atoms with Gasteiger partial charge >= 0.3 is 0 Å². The molecule has 0 saturated carbocycles. The summed E-state index contributed by atoms with van der Waals surface area (Å²) >= 11 is 0. The molecule has 2 saturated heterocycles. The van der Waals surface area contributed by atoms with E-state index in [1.54, 1.807) is 4.90 Å². The fourth-order valence-corrected chi connectivity index (χ4v) is 4.72. The Hall–Kier alpha value is -0.700. The number of carbonyl (C=O) groups excluding carboxylic acids is 1. The summed E-state index contributed by atoms with van der Waals surface area (Å²) in [4.78, 5) is 13.1. The van der Waals surface area contributed by atoms with Gasteiger partial charge in [-0.15, -0.1) is 0 Å². The zero-order valence-electron chi connectivity index (χ0n) is 13.0. The Bertz CT molecular complexity index is 472. The van der Waals surface area contributed by atoms with Crippen molar-refractivity contribution in [2.24, 2.45) is 0 Å². The van der Waals surface area contributed by atoms with Crippen molar-refractivity contribution in [3.63, 3.8) is 0 Å². The van der Waals surface area contributed by atoms with Gasteiger partial charge in [-0.3, -0.25) is 4.79 Å². The van der Waals surface area contributed by atoms with E-state index in [0.29, 0.717) is 45.7 Å². The first-order chi connectivity index (χ1) is 9.80. The van der Waals surface area contributed by atoms with Crippen LogP contribution in [0.2, 0.25) is 0 Å². The molecule has 0 unspecified atom stereocenters. The van der Waals surface area contributed by atoms with Crippen molar-refractivity contribution >= 4 is 16.1 Å². The molecule has 0 bridgehead atoms. The highest BCUT2D eigenvalue weighted by Crippen LogP contribution is 2.18. The van der Waals surface area contributed by atoms with Gasteiger partial charge in [0.05, 0.1) is 12.2 Å². The minimum Gasteiger partial charge on any atom is -0.373 e. The van der Waals surface area contributed by atoms with Crippen LogP contribution in [-0.2, 0) is 19.7 Å². The lowest BCUT2D eigenvalue weighted by molar-refractivity contribution is -0.128. The largest absolute Gasteiger partial charge is 0.373 e. The second-order valence-corrected chi connectivity index (χ2v) is 7.77. The third-order valence-electron chi connectivity index (χ3n) is 3.94. The molecule has 0 N–H and O–H groups in total. The molecular formula is C13H25N3O4S. The smallest absolute Gasteiger partial charge is 0.282 e. The Morgan fingerprint density at radius 2 is 1.62 bits per heavy atom. The van der Waals surface area contributed by atoms with Gasteiger partial charge in [-0.1, -0.05) is 0 Å². The minimum atomic E-state index is -3.47. The zero-order valence-corrected chi connectivity index (χ0v) is 13.8. The predicted molar refractivity (Wildman–Crippen MR) is 78.9 cm³/mol. The standard InChI is InChI=1S/C13H25N3O4S/c1-11-9-16(10-12(2)20-11)21(18,19)15-6-4-5-14(7-8-15)13(3)17/h11-12H,4-10H2,1-3H3/t11-,12+. The topological polar surface area (TPSA) is 70.2 Å². The Labute approximate surface area is 127 Å². The molecule has 0 aromatic carbocycles. The van der Waals surface area contributed by atoms with Gasteiger partial charge in [-0.05, 0) is 20.3 Å². The summed E-state index contributed by atoms with van der Waals surface area (Å²) in [5.41, 5.74) is 0. The monoisotopic (exact) mass is 319 g/mol. The van der Waals surface area contributed by atoms with E-state index in [2.05, 4.69) is 0 Å². The summed E-state index contributed by atoms with van der Waals surface area (Å²) in [7, 11) is -3.47. The van der Waals surface area contributed by atoms with E-state index in [-0.39, 0.29) is 18.1 Å². The van der Waals surface area contributed by atoms with Crippen molar-refractivity contribution in [1.29, 1.82) is 0 Å². The van der Waals surface area contributed by atoms with Gasteiger partial charge in [0.25, 0.3) is 10.2 Å². The predicted octanol–water partition coefficient (Wildman–Crippen LogP) is -0.105. The van der Waals surface area contributed by atoms with Gasteiger partial charge in [0.2, 0.25) is 5.91 Å². The van der Waals surface area contributed by atoms with E-state index in [1.165, 1.54) is 15.5 Å². The van der Waals surface area contributed by atoms with Crippen LogP contribution in [0.5, 0.6) is 0 Å². The highest BCUT2D eigenvalue weighted by atomic mass is 32.2. The summed E-state index contributed by atoms with van der Waals surface area (Å²) in [6, 6.07) is 0. The number of morpholine rings is 1. The molecule has 2 rings (SSSR count). The van der Waals surface area contributed by atoms with Gasteiger partial charge in [0, 0.05) is 46.2 Å². The lowest BCUT2D eigenvalue weighted by atomic mass is 10.3. The van der Waals surface area contributed by atoms with E-state index >= 15 is 0 Å². The highest BCUT2D eigenvalue weighted by molar-refractivity contribution is 7.86. The Morgan fingerprint density at radius 3 is 2.19 bits per heavy atom. The minimum absolute atomic E-state index is 0.00265. The molecule has 2 atom stereocenters. The van der Waals surface area contributed by atoms with Crippen LogP contribution in [0, 0.1) is 0 Å². The van der Waals surface area contributed by atoms with Crippen molar-refractivity contribution in [2.75, 3.05) is 39.3 Å². The lowest BCUT2D eigenvalue weighted by Gasteiger charge is -2.37. The molecule has 0 radical (unpaired) electrons. The molecule has 1 amide bonds.